The number of rotatable bonds is 11. The SMILES string of the molecule is c1ccc2c(SCCOCCOCCSc3c[nH]c4ccccc34)c[nH]c2c1. The fourth-order valence-corrected chi connectivity index (χ4v) is 4.87. The van der Waals surface area contributed by atoms with Gasteiger partial charge in [0.2, 0.25) is 0 Å². The topological polar surface area (TPSA) is 50.0 Å². The van der Waals surface area contributed by atoms with Crippen LogP contribution in [0.15, 0.2) is 70.7 Å². The molecule has 4 rings (SSSR count). The van der Waals surface area contributed by atoms with Crippen molar-refractivity contribution in [3.63, 3.8) is 0 Å². The van der Waals surface area contributed by atoms with E-state index in [1.54, 1.807) is 0 Å². The van der Waals surface area contributed by atoms with E-state index < -0.39 is 0 Å². The quantitative estimate of drug-likeness (QED) is 0.250. The van der Waals surface area contributed by atoms with E-state index in [-0.39, 0.29) is 0 Å². The highest BCUT2D eigenvalue weighted by Crippen LogP contribution is 2.28. The van der Waals surface area contributed by atoms with Gasteiger partial charge in [-0.05, 0) is 12.1 Å². The standard InChI is InChI=1S/C22H24N2O2S2/c1-3-7-19-17(5-1)21(15-23-19)27-13-11-25-9-10-26-12-14-28-22-16-24-20-8-4-2-6-18(20)22/h1-8,15-16,23-24H,9-14H2. The average molecular weight is 413 g/mol. The second-order valence-corrected chi connectivity index (χ2v) is 8.59. The maximum atomic E-state index is 5.69. The molecule has 0 spiro atoms. The van der Waals surface area contributed by atoms with Gasteiger partial charge >= 0.3 is 0 Å². The van der Waals surface area contributed by atoms with Gasteiger partial charge in [0.1, 0.15) is 0 Å². The van der Waals surface area contributed by atoms with Gasteiger partial charge in [-0.3, -0.25) is 0 Å². The highest BCUT2D eigenvalue weighted by molar-refractivity contribution is 7.99. The number of fused-ring (bicyclic) bond motifs is 2. The summed E-state index contributed by atoms with van der Waals surface area (Å²) in [5.41, 5.74) is 2.37. The molecule has 0 aliphatic carbocycles. The Hall–Kier alpha value is -1.86. The molecule has 2 N–H and O–H groups in total. The van der Waals surface area contributed by atoms with E-state index in [1.807, 2.05) is 23.5 Å². The van der Waals surface area contributed by atoms with Crippen molar-refractivity contribution in [3.05, 3.63) is 60.9 Å². The number of nitrogens with one attached hydrogen (secondary N) is 2. The van der Waals surface area contributed by atoms with E-state index in [1.165, 1.54) is 31.6 Å². The molecule has 0 radical (unpaired) electrons. The molecule has 6 heteroatoms. The molecular formula is C22H24N2O2S2. The van der Waals surface area contributed by atoms with Crippen molar-refractivity contribution < 1.29 is 9.47 Å². The van der Waals surface area contributed by atoms with Crippen LogP contribution in [-0.4, -0.2) is 47.9 Å². The first kappa shape index (κ1) is 19.5. The van der Waals surface area contributed by atoms with E-state index in [0.717, 1.165) is 24.7 Å². The van der Waals surface area contributed by atoms with Crippen LogP contribution in [0.5, 0.6) is 0 Å². The Morgan fingerprint density at radius 2 is 1.07 bits per heavy atom. The molecule has 2 aromatic heterocycles. The van der Waals surface area contributed by atoms with Gasteiger partial charge in [0.05, 0.1) is 26.4 Å². The van der Waals surface area contributed by atoms with Crippen LogP contribution >= 0.6 is 23.5 Å². The molecule has 0 amide bonds. The zero-order valence-corrected chi connectivity index (χ0v) is 17.3. The fraction of sp³-hybridized carbons (Fsp3) is 0.273. The summed E-state index contributed by atoms with van der Waals surface area (Å²) in [7, 11) is 0. The zero-order valence-electron chi connectivity index (χ0n) is 15.6. The lowest BCUT2D eigenvalue weighted by Crippen LogP contribution is -2.08. The van der Waals surface area contributed by atoms with Gasteiger partial charge in [0.25, 0.3) is 0 Å². The first-order valence-electron chi connectivity index (χ1n) is 9.45. The lowest BCUT2D eigenvalue weighted by Gasteiger charge is -2.06. The van der Waals surface area contributed by atoms with Crippen molar-refractivity contribution in [2.24, 2.45) is 0 Å². The van der Waals surface area contributed by atoms with Crippen LogP contribution in [-0.2, 0) is 9.47 Å². The molecule has 2 heterocycles. The van der Waals surface area contributed by atoms with E-state index in [4.69, 9.17) is 9.47 Å². The van der Waals surface area contributed by atoms with Crippen LogP contribution in [0.2, 0.25) is 0 Å². The summed E-state index contributed by atoms with van der Waals surface area (Å²) in [5, 5.41) is 2.56. The smallest absolute Gasteiger partial charge is 0.0700 e. The molecule has 0 unspecified atom stereocenters. The Kier molecular flexibility index (Phi) is 7.00. The first-order valence-corrected chi connectivity index (χ1v) is 11.4. The summed E-state index contributed by atoms with van der Waals surface area (Å²) in [6.07, 6.45) is 4.15. The summed E-state index contributed by atoms with van der Waals surface area (Å²) in [5.74, 6) is 1.89. The molecule has 0 saturated heterocycles. The summed E-state index contributed by atoms with van der Waals surface area (Å²) >= 11 is 3.65. The number of hydrogen-bond acceptors (Lipinski definition) is 4. The number of ether oxygens (including phenoxy) is 2. The summed E-state index contributed by atoms with van der Waals surface area (Å²) in [6.45, 7) is 2.76. The molecule has 4 aromatic rings. The van der Waals surface area contributed by atoms with Crippen molar-refractivity contribution in [3.8, 4) is 0 Å². The van der Waals surface area contributed by atoms with Crippen molar-refractivity contribution in [1.82, 2.24) is 9.97 Å². The Morgan fingerprint density at radius 1 is 0.607 bits per heavy atom. The van der Waals surface area contributed by atoms with E-state index in [0.29, 0.717) is 13.2 Å². The van der Waals surface area contributed by atoms with Crippen LogP contribution in [0.25, 0.3) is 21.8 Å². The number of aromatic nitrogens is 2. The van der Waals surface area contributed by atoms with E-state index >= 15 is 0 Å². The predicted molar refractivity (Wildman–Crippen MR) is 120 cm³/mol. The number of H-pyrrole nitrogens is 2. The van der Waals surface area contributed by atoms with Crippen LogP contribution in [0.3, 0.4) is 0 Å². The summed E-state index contributed by atoms with van der Waals surface area (Å²) in [6, 6.07) is 16.8. The minimum atomic E-state index is 0.645. The number of aromatic amines is 2. The molecule has 146 valence electrons. The minimum absolute atomic E-state index is 0.645. The largest absolute Gasteiger partial charge is 0.378 e. The predicted octanol–water partition coefficient (Wildman–Crippen LogP) is 5.57. The Balaban J connectivity index is 1.05. The second-order valence-electron chi connectivity index (χ2n) is 6.32. The lowest BCUT2D eigenvalue weighted by atomic mass is 10.2. The molecular weight excluding hydrogens is 388 g/mol. The number of thioether (sulfide) groups is 2. The average Bonchev–Trinajstić information content (AvgIpc) is 3.34. The molecule has 0 saturated carbocycles. The summed E-state index contributed by atoms with van der Waals surface area (Å²) < 4.78 is 11.4. The maximum absolute atomic E-state index is 5.69. The van der Waals surface area contributed by atoms with Gasteiger partial charge in [-0.25, -0.2) is 0 Å². The lowest BCUT2D eigenvalue weighted by molar-refractivity contribution is 0.0605. The van der Waals surface area contributed by atoms with Gasteiger partial charge < -0.3 is 19.4 Å². The number of para-hydroxylation sites is 2. The van der Waals surface area contributed by atoms with Gasteiger partial charge in [0, 0.05) is 55.5 Å². The molecule has 28 heavy (non-hydrogen) atoms. The zero-order chi connectivity index (χ0) is 19.0. The molecule has 0 aliphatic heterocycles. The molecule has 0 atom stereocenters. The summed E-state index contributed by atoms with van der Waals surface area (Å²) in [4.78, 5) is 9.17. The maximum Gasteiger partial charge on any atom is 0.0700 e. The molecule has 4 nitrogen and oxygen atoms in total. The molecule has 0 aliphatic rings. The van der Waals surface area contributed by atoms with Crippen LogP contribution in [0.4, 0.5) is 0 Å². The first-order chi connectivity index (χ1) is 13.9. The van der Waals surface area contributed by atoms with Crippen LogP contribution in [0, 0.1) is 0 Å². The number of benzene rings is 2. The molecule has 2 aromatic carbocycles. The molecule has 0 bridgehead atoms. The Labute approximate surface area is 173 Å². The third-order valence-electron chi connectivity index (χ3n) is 4.45. The highest BCUT2D eigenvalue weighted by atomic mass is 32.2. The van der Waals surface area contributed by atoms with E-state index in [2.05, 4.69) is 70.9 Å². The van der Waals surface area contributed by atoms with Crippen LogP contribution < -0.4 is 0 Å². The fourth-order valence-electron chi connectivity index (χ4n) is 3.07. The number of hydrogen-bond donors (Lipinski definition) is 2. The normalized spacial score (nSPS) is 11.6. The van der Waals surface area contributed by atoms with Gasteiger partial charge in [-0.1, -0.05) is 36.4 Å². The van der Waals surface area contributed by atoms with Gasteiger partial charge in [-0.15, -0.1) is 23.5 Å². The van der Waals surface area contributed by atoms with Gasteiger partial charge in [-0.2, -0.15) is 0 Å². The monoisotopic (exact) mass is 412 g/mol. The van der Waals surface area contributed by atoms with E-state index in [9.17, 15) is 0 Å². The molecule has 0 fully saturated rings. The minimum Gasteiger partial charge on any atom is -0.378 e. The highest BCUT2D eigenvalue weighted by Gasteiger charge is 2.04. The van der Waals surface area contributed by atoms with Gasteiger partial charge in [0.15, 0.2) is 0 Å². The van der Waals surface area contributed by atoms with Crippen molar-refractivity contribution >= 4 is 45.3 Å². The second kappa shape index (κ2) is 10.1. The third kappa shape index (κ3) is 4.94. The van der Waals surface area contributed by atoms with Crippen LogP contribution in [0.1, 0.15) is 0 Å². The van der Waals surface area contributed by atoms with Crippen molar-refractivity contribution in [2.75, 3.05) is 37.9 Å². The van der Waals surface area contributed by atoms with Crippen molar-refractivity contribution in [2.45, 2.75) is 9.79 Å². The third-order valence-corrected chi connectivity index (χ3v) is 6.48. The van der Waals surface area contributed by atoms with Crippen molar-refractivity contribution in [1.29, 1.82) is 0 Å². The Morgan fingerprint density at radius 3 is 1.57 bits per heavy atom. The Bertz CT molecular complexity index is 930.